The minimum atomic E-state index is -0.554. The topological polar surface area (TPSA) is 92.8 Å². The van der Waals surface area contributed by atoms with E-state index in [1.54, 1.807) is 7.11 Å². The maximum absolute atomic E-state index is 12.8. The van der Waals surface area contributed by atoms with Crippen LogP contribution in [0.4, 0.5) is 5.95 Å². The summed E-state index contributed by atoms with van der Waals surface area (Å²) in [6.45, 7) is 1.99. The maximum atomic E-state index is 12.8. The van der Waals surface area contributed by atoms with Crippen molar-refractivity contribution in [2.45, 2.75) is 38.0 Å². The summed E-state index contributed by atoms with van der Waals surface area (Å²) < 4.78 is 5.40. The van der Waals surface area contributed by atoms with Gasteiger partial charge in [0.25, 0.3) is 5.95 Å². The molecule has 3 rings (SSSR count). The quantitative estimate of drug-likeness (QED) is 0.900. The Labute approximate surface area is 128 Å². The molecule has 0 unspecified atom stereocenters. The van der Waals surface area contributed by atoms with Gasteiger partial charge in [-0.15, -0.1) is 5.10 Å². The second-order valence-corrected chi connectivity index (χ2v) is 5.66. The van der Waals surface area contributed by atoms with Gasteiger partial charge in [0.2, 0.25) is 5.91 Å². The van der Waals surface area contributed by atoms with Crippen LogP contribution in [0.2, 0.25) is 0 Å². The average Bonchev–Trinajstić information content (AvgIpc) is 3.19. The Hall–Kier alpha value is -2.44. The first kappa shape index (κ1) is 14.5. The summed E-state index contributed by atoms with van der Waals surface area (Å²) in [5.41, 5.74) is 1.48. The number of rotatable bonds is 4. The molecule has 1 amide bonds. The number of tetrazole rings is 1. The summed E-state index contributed by atoms with van der Waals surface area (Å²) >= 11 is 0. The van der Waals surface area contributed by atoms with Crippen LogP contribution in [0.15, 0.2) is 18.2 Å². The number of benzene rings is 1. The van der Waals surface area contributed by atoms with Gasteiger partial charge in [-0.05, 0) is 42.2 Å². The lowest BCUT2D eigenvalue weighted by molar-refractivity contribution is -0.121. The Morgan fingerprint density at radius 3 is 2.77 bits per heavy atom. The summed E-state index contributed by atoms with van der Waals surface area (Å²) in [5.74, 6) is 0.920. The Morgan fingerprint density at radius 2 is 2.14 bits per heavy atom. The number of ether oxygens (including phenoxy) is 1. The molecule has 1 saturated carbocycles. The smallest absolute Gasteiger partial charge is 0.269 e. The van der Waals surface area contributed by atoms with E-state index in [4.69, 9.17) is 4.74 Å². The van der Waals surface area contributed by atoms with E-state index in [0.29, 0.717) is 0 Å². The van der Waals surface area contributed by atoms with Gasteiger partial charge in [0.15, 0.2) is 0 Å². The van der Waals surface area contributed by atoms with Gasteiger partial charge < -0.3 is 4.74 Å². The fourth-order valence-electron chi connectivity index (χ4n) is 3.18. The van der Waals surface area contributed by atoms with E-state index in [1.807, 2.05) is 25.1 Å². The van der Waals surface area contributed by atoms with Gasteiger partial charge in [0.05, 0.1) is 12.5 Å². The van der Waals surface area contributed by atoms with Crippen molar-refractivity contribution in [3.8, 4) is 5.75 Å². The fraction of sp³-hybridized carbons (Fsp3) is 0.467. The highest BCUT2D eigenvalue weighted by Crippen LogP contribution is 2.43. The van der Waals surface area contributed by atoms with Crippen molar-refractivity contribution >= 4 is 11.9 Å². The number of aromatic amines is 1. The van der Waals surface area contributed by atoms with E-state index in [2.05, 4.69) is 25.9 Å². The first-order valence-electron chi connectivity index (χ1n) is 7.36. The molecule has 1 heterocycles. The molecule has 7 nitrogen and oxygen atoms in total. The molecule has 1 aliphatic rings. The van der Waals surface area contributed by atoms with Crippen LogP contribution in [0.3, 0.4) is 0 Å². The minimum absolute atomic E-state index is 0.0858. The van der Waals surface area contributed by atoms with E-state index in [1.165, 1.54) is 0 Å². The number of carbonyl (C=O) groups excluding carboxylic acids is 1. The molecule has 2 aromatic rings. The lowest BCUT2D eigenvalue weighted by atomic mass is 9.77. The summed E-state index contributed by atoms with van der Waals surface area (Å²) in [4.78, 5) is 12.8. The highest BCUT2D eigenvalue weighted by molar-refractivity contribution is 5.98. The van der Waals surface area contributed by atoms with Gasteiger partial charge in [0.1, 0.15) is 5.75 Å². The molecule has 0 spiro atoms. The standard InChI is InChI=1S/C15H19N5O2/c1-10-5-6-11(9-12(10)22-2)15(7-3-4-8-15)13(21)16-14-17-19-20-18-14/h5-6,9H,3-4,7-8H2,1-2H3,(H2,16,17,18,19,20,21). The number of nitrogens with one attached hydrogen (secondary N) is 2. The van der Waals surface area contributed by atoms with Crippen molar-refractivity contribution in [1.82, 2.24) is 20.6 Å². The zero-order valence-corrected chi connectivity index (χ0v) is 12.7. The molecule has 1 aromatic carbocycles. The summed E-state index contributed by atoms with van der Waals surface area (Å²) in [6.07, 6.45) is 3.66. The molecule has 2 N–H and O–H groups in total. The Morgan fingerprint density at radius 1 is 1.36 bits per heavy atom. The number of aromatic nitrogens is 4. The first-order valence-corrected chi connectivity index (χ1v) is 7.36. The molecule has 0 bridgehead atoms. The molecule has 7 heteroatoms. The van der Waals surface area contributed by atoms with Gasteiger partial charge >= 0.3 is 0 Å². The first-order chi connectivity index (χ1) is 10.7. The number of H-pyrrole nitrogens is 1. The van der Waals surface area contributed by atoms with Crippen molar-refractivity contribution in [2.75, 3.05) is 12.4 Å². The summed E-state index contributed by atoms with van der Waals surface area (Å²) in [5, 5.41) is 16.2. The van der Waals surface area contributed by atoms with Gasteiger partial charge in [-0.2, -0.15) is 5.21 Å². The van der Waals surface area contributed by atoms with Crippen molar-refractivity contribution in [3.63, 3.8) is 0 Å². The van der Waals surface area contributed by atoms with Crippen LogP contribution >= 0.6 is 0 Å². The lowest BCUT2D eigenvalue weighted by Gasteiger charge is -2.28. The Balaban J connectivity index is 1.96. The molecular formula is C15H19N5O2. The predicted octanol–water partition coefficient (Wildman–Crippen LogP) is 1.97. The van der Waals surface area contributed by atoms with Crippen LogP contribution in [0, 0.1) is 6.92 Å². The zero-order valence-electron chi connectivity index (χ0n) is 12.7. The van der Waals surface area contributed by atoms with Crippen LogP contribution in [0.5, 0.6) is 5.75 Å². The van der Waals surface area contributed by atoms with Crippen molar-refractivity contribution in [2.24, 2.45) is 0 Å². The Kier molecular flexibility index (Phi) is 3.79. The van der Waals surface area contributed by atoms with Crippen LogP contribution in [-0.2, 0) is 10.2 Å². The van der Waals surface area contributed by atoms with Crippen LogP contribution < -0.4 is 10.1 Å². The normalized spacial score (nSPS) is 16.5. The molecule has 0 atom stereocenters. The third-order valence-corrected chi connectivity index (χ3v) is 4.42. The highest BCUT2D eigenvalue weighted by Gasteiger charge is 2.43. The van der Waals surface area contributed by atoms with Gasteiger partial charge in [-0.25, -0.2) is 0 Å². The van der Waals surface area contributed by atoms with Crippen molar-refractivity contribution in [3.05, 3.63) is 29.3 Å². The monoisotopic (exact) mass is 301 g/mol. The third kappa shape index (κ3) is 2.43. The Bertz CT molecular complexity index is 663. The average molecular weight is 301 g/mol. The summed E-state index contributed by atoms with van der Waals surface area (Å²) in [7, 11) is 1.65. The molecule has 1 aromatic heterocycles. The maximum Gasteiger partial charge on any atom is 0.269 e. The molecular weight excluding hydrogens is 282 g/mol. The number of nitrogens with zero attached hydrogens (tertiary/aromatic N) is 3. The number of methoxy groups -OCH3 is 1. The SMILES string of the molecule is COc1cc(C2(C(=O)Nc3nn[nH]n3)CCCC2)ccc1C. The molecule has 0 saturated heterocycles. The minimum Gasteiger partial charge on any atom is -0.496 e. The molecule has 1 aliphatic carbocycles. The van der Waals surface area contributed by atoms with E-state index in [0.717, 1.165) is 42.6 Å². The highest BCUT2D eigenvalue weighted by atomic mass is 16.5. The number of hydrogen-bond donors (Lipinski definition) is 2. The molecule has 116 valence electrons. The van der Waals surface area contributed by atoms with E-state index >= 15 is 0 Å². The van der Waals surface area contributed by atoms with Crippen molar-refractivity contribution in [1.29, 1.82) is 0 Å². The second-order valence-electron chi connectivity index (χ2n) is 5.66. The number of anilines is 1. The largest absolute Gasteiger partial charge is 0.496 e. The van der Waals surface area contributed by atoms with E-state index in [-0.39, 0.29) is 11.9 Å². The second kappa shape index (κ2) is 5.75. The van der Waals surface area contributed by atoms with Gasteiger partial charge in [-0.1, -0.05) is 30.1 Å². The van der Waals surface area contributed by atoms with Gasteiger partial charge in [-0.3, -0.25) is 10.1 Å². The molecule has 1 fully saturated rings. The summed E-state index contributed by atoms with van der Waals surface area (Å²) in [6, 6.07) is 5.98. The van der Waals surface area contributed by atoms with E-state index in [9.17, 15) is 4.79 Å². The number of hydrogen-bond acceptors (Lipinski definition) is 5. The van der Waals surface area contributed by atoms with Gasteiger partial charge in [0, 0.05) is 0 Å². The van der Waals surface area contributed by atoms with E-state index < -0.39 is 5.41 Å². The number of aryl methyl sites for hydroxylation is 1. The van der Waals surface area contributed by atoms with Crippen LogP contribution in [0.25, 0.3) is 0 Å². The third-order valence-electron chi connectivity index (χ3n) is 4.42. The molecule has 0 radical (unpaired) electrons. The predicted molar refractivity (Wildman–Crippen MR) is 80.7 cm³/mol. The zero-order chi connectivity index (χ0) is 15.6. The molecule has 22 heavy (non-hydrogen) atoms. The van der Waals surface area contributed by atoms with Crippen molar-refractivity contribution < 1.29 is 9.53 Å². The number of carbonyl (C=O) groups is 1. The van der Waals surface area contributed by atoms with Crippen LogP contribution in [-0.4, -0.2) is 33.6 Å². The fourth-order valence-corrected chi connectivity index (χ4v) is 3.18. The molecule has 0 aliphatic heterocycles. The number of amides is 1. The van der Waals surface area contributed by atoms with Crippen LogP contribution in [0.1, 0.15) is 36.8 Å². The lowest BCUT2D eigenvalue weighted by Crippen LogP contribution is -2.38.